The van der Waals surface area contributed by atoms with Gasteiger partial charge < -0.3 is 0 Å². The molecule has 2 heterocycles. The summed E-state index contributed by atoms with van der Waals surface area (Å²) in [5.41, 5.74) is 2.71. The number of aromatic nitrogens is 2. The van der Waals surface area contributed by atoms with Gasteiger partial charge >= 0.3 is 0 Å². The zero-order valence-corrected chi connectivity index (χ0v) is 13.4. The van der Waals surface area contributed by atoms with E-state index in [1.54, 1.807) is 31.5 Å². The molecule has 2 rings (SSSR count). The molecule has 0 saturated heterocycles. The molecule has 0 aliphatic heterocycles. The first-order valence-corrected chi connectivity index (χ1v) is 8.33. The number of aryl methyl sites for hydroxylation is 2. The predicted molar refractivity (Wildman–Crippen MR) is 78.2 cm³/mol. The van der Waals surface area contributed by atoms with Gasteiger partial charge in [-0.25, -0.2) is 8.42 Å². The van der Waals surface area contributed by atoms with Crippen LogP contribution in [0, 0.1) is 6.92 Å². The Morgan fingerprint density at radius 3 is 2.37 bits per heavy atom. The van der Waals surface area contributed by atoms with E-state index in [1.165, 1.54) is 11.3 Å². The number of nitrogens with zero attached hydrogens (tertiary/aromatic N) is 2. The van der Waals surface area contributed by atoms with Crippen molar-refractivity contribution in [2.24, 2.45) is 7.05 Å². The fraction of sp³-hybridized carbons (Fsp3) is 0.462. The summed E-state index contributed by atoms with van der Waals surface area (Å²) < 4.78 is 26.1. The van der Waals surface area contributed by atoms with Crippen LogP contribution in [0.3, 0.4) is 0 Å². The van der Waals surface area contributed by atoms with Crippen molar-refractivity contribution in [1.82, 2.24) is 9.78 Å². The van der Waals surface area contributed by atoms with Crippen LogP contribution in [0.2, 0.25) is 0 Å². The summed E-state index contributed by atoms with van der Waals surface area (Å²) >= 11 is 1.26. The fourth-order valence-corrected chi connectivity index (χ4v) is 4.51. The van der Waals surface area contributed by atoms with Gasteiger partial charge in [-0.2, -0.15) is 5.10 Å². The first kappa shape index (κ1) is 14.3. The number of thiophene rings is 1. The van der Waals surface area contributed by atoms with Crippen molar-refractivity contribution in [3.8, 4) is 11.3 Å². The van der Waals surface area contributed by atoms with Crippen molar-refractivity contribution in [2.75, 3.05) is 0 Å². The van der Waals surface area contributed by atoms with Gasteiger partial charge in [0.25, 0.3) is 0 Å². The van der Waals surface area contributed by atoms with E-state index in [-0.39, 0.29) is 0 Å². The highest BCUT2D eigenvalue weighted by atomic mass is 32.2. The third-order valence-corrected chi connectivity index (χ3v) is 6.98. The maximum absolute atomic E-state index is 12.4. The highest BCUT2D eigenvalue weighted by Gasteiger charge is 2.32. The maximum Gasteiger partial charge on any atom is 0.192 e. The lowest BCUT2D eigenvalue weighted by Crippen LogP contribution is -2.27. The smallest absolute Gasteiger partial charge is 0.192 e. The number of hydrogen-bond donors (Lipinski definition) is 0. The van der Waals surface area contributed by atoms with Crippen LogP contribution in [0.25, 0.3) is 11.3 Å². The Kier molecular flexibility index (Phi) is 3.35. The largest absolute Gasteiger partial charge is 0.272 e. The molecule has 0 aromatic carbocycles. The molecule has 0 spiro atoms. The van der Waals surface area contributed by atoms with Gasteiger partial charge in [0.1, 0.15) is 4.21 Å². The van der Waals surface area contributed by atoms with Crippen molar-refractivity contribution in [2.45, 2.75) is 36.7 Å². The van der Waals surface area contributed by atoms with Gasteiger partial charge in [-0.05, 0) is 39.8 Å². The molecule has 0 unspecified atom stereocenters. The van der Waals surface area contributed by atoms with E-state index in [0.29, 0.717) is 4.21 Å². The highest BCUT2D eigenvalue weighted by molar-refractivity contribution is 7.94. The molecule has 6 heteroatoms. The minimum atomic E-state index is -3.28. The zero-order chi connectivity index (χ0) is 14.4. The second kappa shape index (κ2) is 4.45. The summed E-state index contributed by atoms with van der Waals surface area (Å²) in [5.74, 6) is 0. The SMILES string of the molecule is Cc1cc(-c2csc(S(=O)(=O)C(C)(C)C)c2)nn1C. The zero-order valence-electron chi connectivity index (χ0n) is 11.8. The molecule has 104 valence electrons. The molecule has 0 aliphatic rings. The predicted octanol–water partition coefficient (Wildman–Crippen LogP) is 3.03. The average molecular weight is 298 g/mol. The molecule has 0 fully saturated rings. The quantitative estimate of drug-likeness (QED) is 0.856. The van der Waals surface area contributed by atoms with Gasteiger partial charge in [0.15, 0.2) is 9.84 Å². The second-order valence-corrected chi connectivity index (χ2v) is 9.41. The number of sulfone groups is 1. The van der Waals surface area contributed by atoms with Crippen molar-refractivity contribution >= 4 is 21.2 Å². The van der Waals surface area contributed by atoms with Crippen LogP contribution >= 0.6 is 11.3 Å². The van der Waals surface area contributed by atoms with Crippen molar-refractivity contribution in [1.29, 1.82) is 0 Å². The van der Waals surface area contributed by atoms with Crippen molar-refractivity contribution < 1.29 is 8.42 Å². The maximum atomic E-state index is 12.4. The van der Waals surface area contributed by atoms with Gasteiger partial charge in [-0.15, -0.1) is 11.3 Å². The van der Waals surface area contributed by atoms with Crippen LogP contribution in [0.5, 0.6) is 0 Å². The topological polar surface area (TPSA) is 52.0 Å². The second-order valence-electron chi connectivity index (χ2n) is 5.56. The summed E-state index contributed by atoms with van der Waals surface area (Å²) in [6, 6.07) is 3.67. The van der Waals surface area contributed by atoms with Gasteiger partial charge in [-0.3, -0.25) is 4.68 Å². The molecule has 0 amide bonds. The molecule has 2 aromatic heterocycles. The van der Waals surface area contributed by atoms with Gasteiger partial charge in [0.05, 0.1) is 10.4 Å². The van der Waals surface area contributed by atoms with Crippen LogP contribution < -0.4 is 0 Å². The Labute approximate surface area is 118 Å². The third-order valence-electron chi connectivity index (χ3n) is 3.06. The first-order valence-electron chi connectivity index (χ1n) is 5.97. The van der Waals surface area contributed by atoms with Crippen LogP contribution in [0.15, 0.2) is 21.7 Å². The van der Waals surface area contributed by atoms with Crippen LogP contribution in [0.1, 0.15) is 26.5 Å². The standard InChI is InChI=1S/C13H18N2O2S2/c1-9-6-11(14-15(9)5)10-7-12(18-8-10)19(16,17)13(2,3)4/h6-8H,1-5H3. The summed E-state index contributed by atoms with van der Waals surface area (Å²) in [6.45, 7) is 7.11. The van der Waals surface area contributed by atoms with E-state index in [4.69, 9.17) is 0 Å². The molecule has 0 N–H and O–H groups in total. The number of hydrogen-bond acceptors (Lipinski definition) is 4. The Balaban J connectivity index is 2.45. The van der Waals surface area contributed by atoms with Crippen molar-refractivity contribution in [3.63, 3.8) is 0 Å². The molecule has 0 aliphatic carbocycles. The summed E-state index contributed by atoms with van der Waals surface area (Å²) in [6.07, 6.45) is 0. The van der Waals surface area contributed by atoms with Gasteiger partial charge in [0, 0.05) is 23.7 Å². The molecule has 4 nitrogen and oxygen atoms in total. The Morgan fingerprint density at radius 2 is 1.89 bits per heavy atom. The normalized spacial score (nSPS) is 12.9. The lowest BCUT2D eigenvalue weighted by atomic mass is 10.2. The summed E-state index contributed by atoms with van der Waals surface area (Å²) in [4.78, 5) is 0. The Bertz CT molecular complexity index is 684. The van der Waals surface area contributed by atoms with Gasteiger partial charge in [0.2, 0.25) is 0 Å². The van der Waals surface area contributed by atoms with E-state index in [0.717, 1.165) is 17.0 Å². The average Bonchev–Trinajstić information content (AvgIpc) is 2.85. The molecule has 2 aromatic rings. The van der Waals surface area contributed by atoms with E-state index in [1.807, 2.05) is 25.4 Å². The van der Waals surface area contributed by atoms with E-state index >= 15 is 0 Å². The van der Waals surface area contributed by atoms with E-state index in [2.05, 4.69) is 5.10 Å². The van der Waals surface area contributed by atoms with E-state index in [9.17, 15) is 8.42 Å². The molecule has 0 bridgehead atoms. The molecular weight excluding hydrogens is 280 g/mol. The third kappa shape index (κ3) is 2.47. The van der Waals surface area contributed by atoms with Crippen LogP contribution in [-0.4, -0.2) is 22.9 Å². The summed E-state index contributed by atoms with van der Waals surface area (Å²) in [7, 11) is -1.41. The molecular formula is C13H18N2O2S2. The highest BCUT2D eigenvalue weighted by Crippen LogP contribution is 2.33. The van der Waals surface area contributed by atoms with Crippen LogP contribution in [-0.2, 0) is 16.9 Å². The van der Waals surface area contributed by atoms with Gasteiger partial charge in [-0.1, -0.05) is 0 Å². The monoisotopic (exact) mass is 298 g/mol. The first-order chi connectivity index (χ1) is 8.63. The lowest BCUT2D eigenvalue weighted by Gasteiger charge is -2.17. The molecule has 19 heavy (non-hydrogen) atoms. The number of rotatable bonds is 2. The fourth-order valence-electron chi connectivity index (χ4n) is 1.60. The molecule has 0 atom stereocenters. The summed E-state index contributed by atoms with van der Waals surface area (Å²) in [5, 5.41) is 6.21. The minimum absolute atomic E-state index is 0.401. The minimum Gasteiger partial charge on any atom is -0.272 e. The Hall–Kier alpha value is -1.14. The molecule has 0 saturated carbocycles. The van der Waals surface area contributed by atoms with Crippen LogP contribution in [0.4, 0.5) is 0 Å². The molecule has 0 radical (unpaired) electrons. The lowest BCUT2D eigenvalue weighted by molar-refractivity contribution is 0.562. The van der Waals surface area contributed by atoms with Crippen molar-refractivity contribution in [3.05, 3.63) is 23.2 Å². The van der Waals surface area contributed by atoms with E-state index < -0.39 is 14.6 Å². The Morgan fingerprint density at radius 1 is 1.26 bits per heavy atom.